The number of amides is 1. The lowest BCUT2D eigenvalue weighted by Crippen LogP contribution is -2.36. The minimum atomic E-state index is -0.130. The SMILES string of the molecule is CN(C)NC(=O)c1ccccc1NCC1=NCCN1. The number of para-hydroxylation sites is 1. The van der Waals surface area contributed by atoms with E-state index in [0.717, 1.165) is 24.6 Å². The second kappa shape index (κ2) is 6.19. The summed E-state index contributed by atoms with van der Waals surface area (Å²) in [6.45, 7) is 2.31. The summed E-state index contributed by atoms with van der Waals surface area (Å²) in [6.07, 6.45) is 0. The maximum atomic E-state index is 12.0. The van der Waals surface area contributed by atoms with E-state index in [1.165, 1.54) is 0 Å². The minimum absolute atomic E-state index is 0.130. The third-order valence-corrected chi connectivity index (χ3v) is 2.69. The lowest BCUT2D eigenvalue weighted by atomic mass is 10.1. The van der Waals surface area contributed by atoms with Gasteiger partial charge in [-0.15, -0.1) is 0 Å². The molecule has 0 aliphatic carbocycles. The highest BCUT2D eigenvalue weighted by molar-refractivity contribution is 6.00. The highest BCUT2D eigenvalue weighted by Gasteiger charge is 2.12. The zero-order valence-corrected chi connectivity index (χ0v) is 11.2. The Bertz CT molecular complexity index is 484. The molecule has 0 spiro atoms. The number of nitrogens with zero attached hydrogens (tertiary/aromatic N) is 2. The van der Waals surface area contributed by atoms with E-state index in [-0.39, 0.29) is 5.91 Å². The zero-order valence-electron chi connectivity index (χ0n) is 11.2. The van der Waals surface area contributed by atoms with Gasteiger partial charge in [0.2, 0.25) is 0 Å². The Labute approximate surface area is 112 Å². The van der Waals surface area contributed by atoms with E-state index in [9.17, 15) is 4.79 Å². The van der Waals surface area contributed by atoms with Crippen molar-refractivity contribution in [2.45, 2.75) is 0 Å². The molecule has 6 heteroatoms. The maximum absolute atomic E-state index is 12.0. The fraction of sp³-hybridized carbons (Fsp3) is 0.385. The van der Waals surface area contributed by atoms with Gasteiger partial charge < -0.3 is 10.6 Å². The van der Waals surface area contributed by atoms with E-state index in [2.05, 4.69) is 21.1 Å². The smallest absolute Gasteiger partial charge is 0.267 e. The number of nitrogens with one attached hydrogen (secondary N) is 3. The number of hydrogen-bond donors (Lipinski definition) is 3. The fourth-order valence-corrected chi connectivity index (χ4v) is 1.84. The summed E-state index contributed by atoms with van der Waals surface area (Å²) < 4.78 is 0. The quantitative estimate of drug-likeness (QED) is 0.667. The number of anilines is 1. The molecule has 6 nitrogen and oxygen atoms in total. The van der Waals surface area contributed by atoms with Crippen LogP contribution >= 0.6 is 0 Å². The molecule has 0 aromatic heterocycles. The predicted molar refractivity (Wildman–Crippen MR) is 76.4 cm³/mol. The topological polar surface area (TPSA) is 68.8 Å². The molecule has 2 rings (SSSR count). The van der Waals surface area contributed by atoms with E-state index in [1.54, 1.807) is 25.2 Å². The van der Waals surface area contributed by atoms with E-state index in [4.69, 9.17) is 0 Å². The van der Waals surface area contributed by atoms with E-state index in [0.29, 0.717) is 12.1 Å². The normalized spacial score (nSPS) is 13.9. The van der Waals surface area contributed by atoms with Crippen LogP contribution in [0.25, 0.3) is 0 Å². The van der Waals surface area contributed by atoms with E-state index in [1.807, 2.05) is 18.2 Å². The summed E-state index contributed by atoms with van der Waals surface area (Å²) in [4.78, 5) is 16.3. The van der Waals surface area contributed by atoms with Gasteiger partial charge in [-0.05, 0) is 12.1 Å². The Morgan fingerprint density at radius 3 is 2.89 bits per heavy atom. The molecule has 0 fully saturated rings. The molecule has 0 radical (unpaired) electrons. The third kappa shape index (κ3) is 3.69. The molecule has 102 valence electrons. The highest BCUT2D eigenvalue weighted by Crippen LogP contribution is 2.14. The summed E-state index contributed by atoms with van der Waals surface area (Å²) >= 11 is 0. The van der Waals surface area contributed by atoms with Crippen LogP contribution in [-0.4, -0.2) is 50.5 Å². The molecule has 3 N–H and O–H groups in total. The first-order chi connectivity index (χ1) is 9.16. The van der Waals surface area contributed by atoms with Crippen molar-refractivity contribution in [3.05, 3.63) is 29.8 Å². The summed E-state index contributed by atoms with van der Waals surface area (Å²) in [5.41, 5.74) is 4.16. The number of hydrogen-bond acceptors (Lipinski definition) is 5. The largest absolute Gasteiger partial charge is 0.377 e. The molecule has 1 aromatic carbocycles. The average Bonchev–Trinajstić information content (AvgIpc) is 2.89. The second-order valence-electron chi connectivity index (χ2n) is 4.49. The van der Waals surface area contributed by atoms with Gasteiger partial charge in [0.15, 0.2) is 0 Å². The predicted octanol–water partition coefficient (Wildman–Crippen LogP) is 0.307. The van der Waals surface area contributed by atoms with Crippen molar-refractivity contribution < 1.29 is 4.79 Å². The molecule has 0 atom stereocenters. The molecule has 1 aliphatic heterocycles. The summed E-state index contributed by atoms with van der Waals surface area (Å²) in [7, 11) is 3.57. The summed E-state index contributed by atoms with van der Waals surface area (Å²) in [6, 6.07) is 7.44. The van der Waals surface area contributed by atoms with Crippen molar-refractivity contribution in [3.8, 4) is 0 Å². The number of carbonyl (C=O) groups excluding carboxylic acids is 1. The van der Waals surface area contributed by atoms with Gasteiger partial charge >= 0.3 is 0 Å². The average molecular weight is 261 g/mol. The van der Waals surface area contributed by atoms with Crippen molar-refractivity contribution >= 4 is 17.4 Å². The molecule has 0 saturated heterocycles. The van der Waals surface area contributed by atoms with Gasteiger partial charge in [-0.3, -0.25) is 15.2 Å². The van der Waals surface area contributed by atoms with Gasteiger partial charge in [0.25, 0.3) is 5.91 Å². The number of benzene rings is 1. The maximum Gasteiger partial charge on any atom is 0.267 e. The zero-order chi connectivity index (χ0) is 13.7. The second-order valence-corrected chi connectivity index (χ2v) is 4.49. The molecule has 19 heavy (non-hydrogen) atoms. The standard InChI is InChI=1S/C13H19N5O/c1-18(2)17-13(19)10-5-3-4-6-11(10)16-9-12-14-7-8-15-12/h3-6,16H,7-9H2,1-2H3,(H,14,15)(H,17,19). The van der Waals surface area contributed by atoms with Crippen LogP contribution in [0.15, 0.2) is 29.3 Å². The molecule has 0 saturated carbocycles. The first-order valence-electron chi connectivity index (χ1n) is 6.25. The molecular formula is C13H19N5O. The highest BCUT2D eigenvalue weighted by atomic mass is 16.2. The summed E-state index contributed by atoms with van der Waals surface area (Å²) in [5.74, 6) is 0.803. The van der Waals surface area contributed by atoms with Gasteiger partial charge in [0.05, 0.1) is 18.7 Å². The van der Waals surface area contributed by atoms with Crippen LogP contribution < -0.4 is 16.1 Å². The van der Waals surface area contributed by atoms with Gasteiger partial charge in [0, 0.05) is 26.3 Å². The van der Waals surface area contributed by atoms with Gasteiger partial charge in [-0.1, -0.05) is 12.1 Å². The van der Waals surface area contributed by atoms with E-state index >= 15 is 0 Å². The minimum Gasteiger partial charge on any atom is -0.377 e. The third-order valence-electron chi connectivity index (χ3n) is 2.69. The van der Waals surface area contributed by atoms with Crippen LogP contribution in [0.4, 0.5) is 5.69 Å². The monoisotopic (exact) mass is 261 g/mol. The van der Waals surface area contributed by atoms with Gasteiger partial charge in [0.1, 0.15) is 5.84 Å². The number of carbonyl (C=O) groups is 1. The van der Waals surface area contributed by atoms with Gasteiger partial charge in [-0.2, -0.15) is 0 Å². The van der Waals surface area contributed by atoms with Crippen molar-refractivity contribution in [1.29, 1.82) is 0 Å². The first-order valence-corrected chi connectivity index (χ1v) is 6.25. The lowest BCUT2D eigenvalue weighted by molar-refractivity contribution is 0.0858. The Hall–Kier alpha value is -2.08. The van der Waals surface area contributed by atoms with Crippen LogP contribution in [-0.2, 0) is 0 Å². The fourth-order valence-electron chi connectivity index (χ4n) is 1.84. The van der Waals surface area contributed by atoms with Crippen molar-refractivity contribution in [2.24, 2.45) is 4.99 Å². The Balaban J connectivity index is 2.05. The number of amidine groups is 1. The van der Waals surface area contributed by atoms with Gasteiger partial charge in [-0.25, -0.2) is 5.01 Å². The van der Waals surface area contributed by atoms with Crippen molar-refractivity contribution in [1.82, 2.24) is 15.8 Å². The molecule has 1 aromatic rings. The van der Waals surface area contributed by atoms with Crippen LogP contribution in [0.5, 0.6) is 0 Å². The molecule has 1 aliphatic rings. The lowest BCUT2D eigenvalue weighted by Gasteiger charge is -2.15. The molecule has 0 bridgehead atoms. The Kier molecular flexibility index (Phi) is 4.35. The number of aliphatic imine (C=N–C) groups is 1. The summed E-state index contributed by atoms with van der Waals surface area (Å²) in [5, 5.41) is 8.05. The Morgan fingerprint density at radius 2 is 2.21 bits per heavy atom. The molecule has 1 heterocycles. The van der Waals surface area contributed by atoms with Crippen molar-refractivity contribution in [3.63, 3.8) is 0 Å². The molecule has 1 amide bonds. The van der Waals surface area contributed by atoms with Crippen LogP contribution in [0.3, 0.4) is 0 Å². The van der Waals surface area contributed by atoms with Crippen molar-refractivity contribution in [2.75, 3.05) is 39.0 Å². The van der Waals surface area contributed by atoms with Crippen LogP contribution in [0.1, 0.15) is 10.4 Å². The van der Waals surface area contributed by atoms with Crippen LogP contribution in [0, 0.1) is 0 Å². The molecular weight excluding hydrogens is 242 g/mol. The Morgan fingerprint density at radius 1 is 1.42 bits per heavy atom. The molecule has 0 unspecified atom stereocenters. The van der Waals surface area contributed by atoms with Crippen LogP contribution in [0.2, 0.25) is 0 Å². The number of rotatable bonds is 5. The van der Waals surface area contributed by atoms with E-state index < -0.39 is 0 Å². The first kappa shape index (κ1) is 13.4. The number of hydrazine groups is 1.